The van der Waals surface area contributed by atoms with E-state index in [1.54, 1.807) is 11.3 Å². The number of nitrogens with two attached hydrogens (primary N) is 1. The number of thiophene rings is 1. The molecular formula is C10H10ClNS. The lowest BCUT2D eigenvalue weighted by Gasteiger charge is -1.96. The lowest BCUT2D eigenvalue weighted by atomic mass is 10.1. The van der Waals surface area contributed by atoms with E-state index in [1.807, 2.05) is 6.07 Å². The molecule has 0 bridgehead atoms. The highest BCUT2D eigenvalue weighted by atomic mass is 35.5. The van der Waals surface area contributed by atoms with Crippen molar-refractivity contribution in [3.8, 4) is 0 Å². The molecule has 1 heterocycles. The molecular weight excluding hydrogens is 202 g/mol. The smallest absolute Gasteiger partial charge is 0.0589 e. The Hall–Kier alpha value is -0.730. The third kappa shape index (κ3) is 1.30. The molecule has 1 nitrogen and oxygen atoms in total. The third-order valence-electron chi connectivity index (χ3n) is 2.16. The molecule has 0 unspecified atom stereocenters. The summed E-state index contributed by atoms with van der Waals surface area (Å²) < 4.78 is 1.23. The quantitative estimate of drug-likeness (QED) is 0.718. The number of hydrogen-bond donors (Lipinski definition) is 1. The van der Waals surface area contributed by atoms with E-state index >= 15 is 0 Å². The second kappa shape index (κ2) is 3.20. The van der Waals surface area contributed by atoms with E-state index in [9.17, 15) is 0 Å². The van der Waals surface area contributed by atoms with Crippen LogP contribution in [0, 0.1) is 6.92 Å². The minimum atomic E-state index is 0.505. The normalized spacial score (nSPS) is 10.9. The van der Waals surface area contributed by atoms with Gasteiger partial charge in [0.2, 0.25) is 0 Å². The second-order valence-electron chi connectivity index (χ2n) is 3.02. The topological polar surface area (TPSA) is 26.0 Å². The summed E-state index contributed by atoms with van der Waals surface area (Å²) in [6.45, 7) is 2.07. The van der Waals surface area contributed by atoms with Gasteiger partial charge in [-0.05, 0) is 18.6 Å². The fraction of sp³-hybridized carbons (Fsp3) is 0.200. The molecule has 68 valence electrons. The molecule has 0 aliphatic heterocycles. The molecule has 1 aromatic heterocycles. The van der Waals surface area contributed by atoms with Crippen molar-refractivity contribution in [3.63, 3.8) is 0 Å². The summed E-state index contributed by atoms with van der Waals surface area (Å²) in [5, 5.41) is 1.17. The first-order valence-electron chi connectivity index (χ1n) is 4.06. The first-order chi connectivity index (χ1) is 6.24. The van der Waals surface area contributed by atoms with Crippen molar-refractivity contribution in [1.82, 2.24) is 0 Å². The molecule has 0 aliphatic rings. The predicted octanol–water partition coefficient (Wildman–Crippen LogP) is 3.53. The molecule has 0 saturated carbocycles. The SMILES string of the molecule is Cc1cccc2sc(CCl)c(N)c12. The Bertz CT molecular complexity index is 447. The van der Waals surface area contributed by atoms with Crippen molar-refractivity contribution in [2.24, 2.45) is 0 Å². The first kappa shape index (κ1) is 8.85. The van der Waals surface area contributed by atoms with Crippen LogP contribution in [0.5, 0.6) is 0 Å². The Kier molecular flexibility index (Phi) is 2.18. The van der Waals surface area contributed by atoms with Crippen LogP contribution >= 0.6 is 22.9 Å². The molecule has 13 heavy (non-hydrogen) atoms. The van der Waals surface area contributed by atoms with Gasteiger partial charge in [0, 0.05) is 15.0 Å². The van der Waals surface area contributed by atoms with Gasteiger partial charge in [-0.2, -0.15) is 0 Å². The van der Waals surface area contributed by atoms with E-state index < -0.39 is 0 Å². The Labute approximate surface area is 86.1 Å². The van der Waals surface area contributed by atoms with E-state index in [0.717, 1.165) is 10.6 Å². The summed E-state index contributed by atoms with van der Waals surface area (Å²) in [6.07, 6.45) is 0. The van der Waals surface area contributed by atoms with E-state index in [0.29, 0.717) is 5.88 Å². The first-order valence-corrected chi connectivity index (χ1v) is 5.41. The van der Waals surface area contributed by atoms with Crippen molar-refractivity contribution in [2.45, 2.75) is 12.8 Å². The van der Waals surface area contributed by atoms with Crippen LogP contribution in [0.15, 0.2) is 18.2 Å². The molecule has 2 rings (SSSR count). The number of anilines is 1. The number of aryl methyl sites for hydroxylation is 1. The zero-order valence-corrected chi connectivity index (χ0v) is 8.88. The van der Waals surface area contributed by atoms with Gasteiger partial charge in [0.25, 0.3) is 0 Å². The summed E-state index contributed by atoms with van der Waals surface area (Å²) in [4.78, 5) is 1.07. The van der Waals surface area contributed by atoms with Crippen LogP contribution in [0.2, 0.25) is 0 Å². The third-order valence-corrected chi connectivity index (χ3v) is 3.76. The predicted molar refractivity (Wildman–Crippen MR) is 60.5 cm³/mol. The molecule has 0 saturated heterocycles. The highest BCUT2D eigenvalue weighted by Crippen LogP contribution is 2.36. The zero-order chi connectivity index (χ0) is 9.42. The van der Waals surface area contributed by atoms with Gasteiger partial charge in [-0.3, -0.25) is 0 Å². The number of halogens is 1. The van der Waals surface area contributed by atoms with Crippen LogP contribution in [0.4, 0.5) is 5.69 Å². The molecule has 3 heteroatoms. The highest BCUT2D eigenvalue weighted by molar-refractivity contribution is 7.20. The van der Waals surface area contributed by atoms with Gasteiger partial charge < -0.3 is 5.73 Å². The van der Waals surface area contributed by atoms with Gasteiger partial charge in [-0.15, -0.1) is 22.9 Å². The standard InChI is InChI=1S/C10H10ClNS/c1-6-3-2-4-7-9(6)10(12)8(5-11)13-7/h2-4H,5,12H2,1H3. The largest absolute Gasteiger partial charge is 0.397 e. The maximum Gasteiger partial charge on any atom is 0.0589 e. The van der Waals surface area contributed by atoms with Gasteiger partial charge in [-0.1, -0.05) is 12.1 Å². The summed E-state index contributed by atoms with van der Waals surface area (Å²) in [5.74, 6) is 0.505. The number of benzene rings is 1. The van der Waals surface area contributed by atoms with Crippen LogP contribution in [0.3, 0.4) is 0 Å². The van der Waals surface area contributed by atoms with E-state index in [1.165, 1.54) is 15.6 Å². The van der Waals surface area contributed by atoms with Crippen LogP contribution in [-0.2, 0) is 5.88 Å². The summed E-state index contributed by atoms with van der Waals surface area (Å²) in [5.41, 5.74) is 8.06. The fourth-order valence-corrected chi connectivity index (χ4v) is 2.86. The molecule has 0 aliphatic carbocycles. The fourth-order valence-electron chi connectivity index (χ4n) is 1.50. The Morgan fingerprint density at radius 1 is 1.46 bits per heavy atom. The lowest BCUT2D eigenvalue weighted by Crippen LogP contribution is -1.87. The zero-order valence-electron chi connectivity index (χ0n) is 7.30. The number of fused-ring (bicyclic) bond motifs is 1. The number of nitrogen functional groups attached to an aromatic ring is 1. The minimum absolute atomic E-state index is 0.505. The number of hydrogen-bond acceptors (Lipinski definition) is 2. The van der Waals surface area contributed by atoms with Gasteiger partial charge in [0.15, 0.2) is 0 Å². The van der Waals surface area contributed by atoms with Crippen LogP contribution < -0.4 is 5.73 Å². The van der Waals surface area contributed by atoms with Gasteiger partial charge in [0.1, 0.15) is 0 Å². The average Bonchev–Trinajstić information content (AvgIpc) is 2.44. The molecule has 2 aromatic rings. The van der Waals surface area contributed by atoms with Crippen LogP contribution in [0.1, 0.15) is 10.4 Å². The van der Waals surface area contributed by atoms with Gasteiger partial charge >= 0.3 is 0 Å². The molecule has 1 aromatic carbocycles. The summed E-state index contributed by atoms with van der Waals surface area (Å²) in [7, 11) is 0. The van der Waals surface area contributed by atoms with E-state index in [-0.39, 0.29) is 0 Å². The second-order valence-corrected chi connectivity index (χ2v) is 4.42. The highest BCUT2D eigenvalue weighted by Gasteiger charge is 2.09. The minimum Gasteiger partial charge on any atom is -0.397 e. The van der Waals surface area contributed by atoms with Gasteiger partial charge in [-0.25, -0.2) is 0 Å². The monoisotopic (exact) mass is 211 g/mol. The van der Waals surface area contributed by atoms with Crippen molar-refractivity contribution < 1.29 is 0 Å². The van der Waals surface area contributed by atoms with E-state index in [4.69, 9.17) is 17.3 Å². The molecule has 0 amide bonds. The Balaban J connectivity index is 2.85. The van der Waals surface area contributed by atoms with E-state index in [2.05, 4.69) is 19.1 Å². The maximum atomic E-state index is 5.98. The molecule has 0 atom stereocenters. The average molecular weight is 212 g/mol. The Morgan fingerprint density at radius 3 is 2.85 bits per heavy atom. The summed E-state index contributed by atoms with van der Waals surface area (Å²) >= 11 is 7.47. The molecule has 2 N–H and O–H groups in total. The van der Waals surface area contributed by atoms with Gasteiger partial charge in [0.05, 0.1) is 11.6 Å². The number of rotatable bonds is 1. The van der Waals surface area contributed by atoms with Crippen LogP contribution in [-0.4, -0.2) is 0 Å². The van der Waals surface area contributed by atoms with Crippen LogP contribution in [0.25, 0.3) is 10.1 Å². The lowest BCUT2D eigenvalue weighted by molar-refractivity contribution is 1.51. The molecule has 0 spiro atoms. The van der Waals surface area contributed by atoms with Crippen molar-refractivity contribution in [1.29, 1.82) is 0 Å². The van der Waals surface area contributed by atoms with Crippen molar-refractivity contribution in [3.05, 3.63) is 28.6 Å². The maximum absolute atomic E-state index is 5.98. The molecule has 0 fully saturated rings. The van der Waals surface area contributed by atoms with Crippen molar-refractivity contribution in [2.75, 3.05) is 5.73 Å². The Morgan fingerprint density at radius 2 is 2.23 bits per heavy atom. The number of alkyl halides is 1. The summed E-state index contributed by atoms with van der Waals surface area (Å²) in [6, 6.07) is 6.20. The molecule has 0 radical (unpaired) electrons. The van der Waals surface area contributed by atoms with Crippen molar-refractivity contribution >= 4 is 38.7 Å².